The van der Waals surface area contributed by atoms with Crippen molar-refractivity contribution in [3.05, 3.63) is 65.2 Å². The van der Waals surface area contributed by atoms with Gasteiger partial charge in [0.25, 0.3) is 0 Å². The van der Waals surface area contributed by atoms with E-state index in [4.69, 9.17) is 10.6 Å². The van der Waals surface area contributed by atoms with Crippen molar-refractivity contribution in [3.63, 3.8) is 0 Å². The second kappa shape index (κ2) is 6.45. The van der Waals surface area contributed by atoms with E-state index in [0.29, 0.717) is 5.75 Å². The van der Waals surface area contributed by atoms with Gasteiger partial charge < -0.3 is 4.74 Å². The molecule has 3 nitrogen and oxygen atoms in total. The number of halogens is 2. The van der Waals surface area contributed by atoms with E-state index >= 15 is 0 Å². The number of nitrogens with one attached hydrogen (secondary N) is 1. The SMILES string of the molecule is COc1cccc(C(Cc2cccc(F)c2F)NN)c1. The fourth-order valence-electron chi connectivity index (χ4n) is 2.06. The highest BCUT2D eigenvalue weighted by atomic mass is 19.2. The van der Waals surface area contributed by atoms with Gasteiger partial charge >= 0.3 is 0 Å². The molecular formula is C15H16F2N2O. The highest BCUT2D eigenvalue weighted by molar-refractivity contribution is 5.32. The molecule has 0 aliphatic carbocycles. The van der Waals surface area contributed by atoms with Crippen molar-refractivity contribution < 1.29 is 13.5 Å². The van der Waals surface area contributed by atoms with Crippen LogP contribution in [-0.4, -0.2) is 7.11 Å². The van der Waals surface area contributed by atoms with Gasteiger partial charge in [0.1, 0.15) is 5.75 Å². The summed E-state index contributed by atoms with van der Waals surface area (Å²) in [5.41, 5.74) is 3.74. The zero-order chi connectivity index (χ0) is 14.5. The third-order valence-electron chi connectivity index (χ3n) is 3.15. The van der Waals surface area contributed by atoms with E-state index < -0.39 is 11.6 Å². The smallest absolute Gasteiger partial charge is 0.162 e. The molecule has 3 N–H and O–H groups in total. The van der Waals surface area contributed by atoms with Crippen molar-refractivity contribution in [2.45, 2.75) is 12.5 Å². The average Bonchev–Trinajstić information content (AvgIpc) is 2.49. The van der Waals surface area contributed by atoms with Crippen molar-refractivity contribution in [2.24, 2.45) is 5.84 Å². The molecule has 20 heavy (non-hydrogen) atoms. The summed E-state index contributed by atoms with van der Waals surface area (Å²) in [6.07, 6.45) is 0.243. The molecule has 0 heterocycles. The van der Waals surface area contributed by atoms with E-state index in [9.17, 15) is 8.78 Å². The first-order chi connectivity index (χ1) is 9.65. The molecule has 1 atom stereocenters. The highest BCUT2D eigenvalue weighted by Gasteiger charge is 2.15. The number of hydrogen-bond acceptors (Lipinski definition) is 3. The van der Waals surface area contributed by atoms with E-state index in [1.54, 1.807) is 19.2 Å². The van der Waals surface area contributed by atoms with Gasteiger partial charge in [-0.1, -0.05) is 24.3 Å². The molecule has 0 saturated heterocycles. The zero-order valence-electron chi connectivity index (χ0n) is 11.1. The first-order valence-corrected chi connectivity index (χ1v) is 6.18. The van der Waals surface area contributed by atoms with Crippen LogP contribution >= 0.6 is 0 Å². The number of nitrogens with two attached hydrogens (primary N) is 1. The lowest BCUT2D eigenvalue weighted by Gasteiger charge is -2.17. The van der Waals surface area contributed by atoms with E-state index in [0.717, 1.165) is 11.6 Å². The number of methoxy groups -OCH3 is 1. The van der Waals surface area contributed by atoms with Gasteiger partial charge in [0, 0.05) is 0 Å². The Kier molecular flexibility index (Phi) is 4.65. The van der Waals surface area contributed by atoms with E-state index in [2.05, 4.69) is 5.43 Å². The summed E-state index contributed by atoms with van der Waals surface area (Å²) in [4.78, 5) is 0. The van der Waals surface area contributed by atoms with Gasteiger partial charge in [0.2, 0.25) is 0 Å². The van der Waals surface area contributed by atoms with Crippen LogP contribution in [0.25, 0.3) is 0 Å². The number of ether oxygens (including phenoxy) is 1. The van der Waals surface area contributed by atoms with Crippen molar-refractivity contribution in [3.8, 4) is 5.75 Å². The molecule has 0 amide bonds. The van der Waals surface area contributed by atoms with Crippen LogP contribution in [0.2, 0.25) is 0 Å². The third-order valence-corrected chi connectivity index (χ3v) is 3.15. The maximum Gasteiger partial charge on any atom is 0.162 e. The van der Waals surface area contributed by atoms with Crippen LogP contribution in [0, 0.1) is 11.6 Å². The summed E-state index contributed by atoms with van der Waals surface area (Å²) in [5, 5.41) is 0. The minimum atomic E-state index is -0.857. The number of rotatable bonds is 5. The molecule has 0 bridgehead atoms. The van der Waals surface area contributed by atoms with Gasteiger partial charge in [-0.05, 0) is 35.7 Å². The number of benzene rings is 2. The first-order valence-electron chi connectivity index (χ1n) is 6.18. The summed E-state index contributed by atoms with van der Waals surface area (Å²) in [7, 11) is 1.57. The second-order valence-corrected chi connectivity index (χ2v) is 4.41. The number of hydrogen-bond donors (Lipinski definition) is 2. The summed E-state index contributed by atoms with van der Waals surface area (Å²) in [5.74, 6) is 4.51. The molecule has 2 aromatic carbocycles. The Morgan fingerprint density at radius 1 is 1.20 bits per heavy atom. The minimum Gasteiger partial charge on any atom is -0.497 e. The van der Waals surface area contributed by atoms with Crippen molar-refractivity contribution in [2.75, 3.05) is 7.11 Å². The quantitative estimate of drug-likeness (QED) is 0.653. The van der Waals surface area contributed by atoms with E-state index in [1.165, 1.54) is 6.07 Å². The van der Waals surface area contributed by atoms with Crippen molar-refractivity contribution in [1.82, 2.24) is 5.43 Å². The normalized spacial score (nSPS) is 12.2. The van der Waals surface area contributed by atoms with Gasteiger partial charge in [0.05, 0.1) is 13.2 Å². The maximum absolute atomic E-state index is 13.7. The van der Waals surface area contributed by atoms with Crippen LogP contribution in [0.3, 0.4) is 0 Å². The van der Waals surface area contributed by atoms with Gasteiger partial charge in [-0.2, -0.15) is 0 Å². The molecule has 2 aromatic rings. The fourth-order valence-corrected chi connectivity index (χ4v) is 2.06. The van der Waals surface area contributed by atoms with Gasteiger partial charge in [0.15, 0.2) is 11.6 Å². The maximum atomic E-state index is 13.7. The molecule has 0 aromatic heterocycles. The van der Waals surface area contributed by atoms with Crippen molar-refractivity contribution >= 4 is 0 Å². The van der Waals surface area contributed by atoms with Crippen LogP contribution in [0.5, 0.6) is 5.75 Å². The summed E-state index contributed by atoms with van der Waals surface area (Å²) >= 11 is 0. The Hall–Kier alpha value is -1.98. The second-order valence-electron chi connectivity index (χ2n) is 4.41. The lowest BCUT2D eigenvalue weighted by atomic mass is 9.99. The standard InChI is InChI=1S/C15H16F2N2O/c1-20-12-6-2-4-10(8-12)14(19-18)9-11-5-3-7-13(16)15(11)17/h2-8,14,19H,9,18H2,1H3. The predicted molar refractivity (Wildman–Crippen MR) is 73.1 cm³/mol. The number of hydrazine groups is 1. The Balaban J connectivity index is 2.26. The predicted octanol–water partition coefficient (Wildman–Crippen LogP) is 2.72. The highest BCUT2D eigenvalue weighted by Crippen LogP contribution is 2.23. The monoisotopic (exact) mass is 278 g/mol. The molecule has 5 heteroatoms. The van der Waals surface area contributed by atoms with Crippen LogP contribution < -0.4 is 16.0 Å². The Labute approximate surface area is 116 Å². The molecule has 0 aliphatic heterocycles. The van der Waals surface area contributed by atoms with E-state index in [-0.39, 0.29) is 18.0 Å². The topological polar surface area (TPSA) is 47.3 Å². The zero-order valence-corrected chi connectivity index (χ0v) is 11.1. The average molecular weight is 278 g/mol. The molecular weight excluding hydrogens is 262 g/mol. The van der Waals surface area contributed by atoms with Gasteiger partial charge in [-0.15, -0.1) is 0 Å². The Morgan fingerprint density at radius 2 is 1.95 bits per heavy atom. The molecule has 0 fully saturated rings. The summed E-state index contributed by atoms with van der Waals surface area (Å²) in [6.45, 7) is 0. The largest absolute Gasteiger partial charge is 0.497 e. The Bertz CT molecular complexity index is 590. The van der Waals surface area contributed by atoms with Crippen LogP contribution in [0.15, 0.2) is 42.5 Å². The molecule has 1 unspecified atom stereocenters. The summed E-state index contributed by atoms with van der Waals surface area (Å²) in [6, 6.07) is 11.1. The molecule has 0 radical (unpaired) electrons. The first kappa shape index (κ1) is 14.4. The Morgan fingerprint density at radius 3 is 2.65 bits per heavy atom. The van der Waals surface area contributed by atoms with Crippen molar-refractivity contribution in [1.29, 1.82) is 0 Å². The van der Waals surface area contributed by atoms with Gasteiger partial charge in [-0.25, -0.2) is 8.78 Å². The fraction of sp³-hybridized carbons (Fsp3) is 0.200. The molecule has 0 aliphatic rings. The molecule has 0 spiro atoms. The van der Waals surface area contributed by atoms with Gasteiger partial charge in [-0.3, -0.25) is 11.3 Å². The lowest BCUT2D eigenvalue weighted by molar-refractivity contribution is 0.412. The third kappa shape index (κ3) is 3.12. The van der Waals surface area contributed by atoms with Crippen LogP contribution in [0.1, 0.15) is 17.2 Å². The molecule has 2 rings (SSSR count). The molecule has 0 saturated carbocycles. The summed E-state index contributed by atoms with van der Waals surface area (Å²) < 4.78 is 32.0. The van der Waals surface area contributed by atoms with E-state index in [1.807, 2.05) is 18.2 Å². The molecule has 106 valence electrons. The van der Waals surface area contributed by atoms with Crippen LogP contribution in [-0.2, 0) is 6.42 Å². The minimum absolute atomic E-state index is 0.243. The van der Waals surface area contributed by atoms with Crippen LogP contribution in [0.4, 0.5) is 8.78 Å². The lowest BCUT2D eigenvalue weighted by Crippen LogP contribution is -2.29.